The second-order valence-electron chi connectivity index (χ2n) is 5.70. The molecule has 1 aliphatic heterocycles. The molecule has 1 fully saturated rings. The van der Waals surface area contributed by atoms with Gasteiger partial charge in [-0.05, 0) is 25.8 Å². The fourth-order valence-electron chi connectivity index (χ4n) is 2.94. The Morgan fingerprint density at radius 1 is 1.30 bits per heavy atom. The van der Waals surface area contributed by atoms with Crippen molar-refractivity contribution >= 4 is 0 Å². The molecule has 23 heavy (non-hydrogen) atoms. The first-order valence-corrected chi connectivity index (χ1v) is 7.59. The second kappa shape index (κ2) is 5.62. The molecule has 8 heteroatoms. The average molecular weight is 315 g/mol. The molecule has 3 aromatic heterocycles. The van der Waals surface area contributed by atoms with E-state index >= 15 is 0 Å². The molecular formula is C15H17N5O3. The van der Waals surface area contributed by atoms with E-state index in [0.29, 0.717) is 24.1 Å². The molecule has 0 bridgehead atoms. The highest BCUT2D eigenvalue weighted by Crippen LogP contribution is 2.40. The van der Waals surface area contributed by atoms with Crippen LogP contribution >= 0.6 is 0 Å². The molecule has 1 saturated heterocycles. The zero-order chi connectivity index (χ0) is 15.8. The van der Waals surface area contributed by atoms with E-state index in [0.717, 1.165) is 24.2 Å². The van der Waals surface area contributed by atoms with Crippen LogP contribution in [0, 0.1) is 6.92 Å². The van der Waals surface area contributed by atoms with Crippen LogP contribution in [-0.4, -0.2) is 31.7 Å². The van der Waals surface area contributed by atoms with Crippen LogP contribution < -0.4 is 0 Å². The SMILES string of the molecule is Cc1cc(-c2nnc([C@@H]3CCCO[C@H]3c3ccnn3C)o2)on1. The molecule has 0 amide bonds. The van der Waals surface area contributed by atoms with Gasteiger partial charge in [0.05, 0.1) is 17.3 Å². The Labute approximate surface area is 132 Å². The molecule has 0 radical (unpaired) electrons. The van der Waals surface area contributed by atoms with Gasteiger partial charge in [0, 0.05) is 25.9 Å². The summed E-state index contributed by atoms with van der Waals surface area (Å²) in [6.45, 7) is 2.56. The number of hydrogen-bond donors (Lipinski definition) is 0. The minimum atomic E-state index is -0.138. The van der Waals surface area contributed by atoms with Gasteiger partial charge in [0.15, 0.2) is 0 Å². The van der Waals surface area contributed by atoms with Gasteiger partial charge in [0.25, 0.3) is 5.89 Å². The topological polar surface area (TPSA) is 92.0 Å². The first-order valence-electron chi connectivity index (χ1n) is 7.59. The van der Waals surface area contributed by atoms with Crippen LogP contribution in [0.2, 0.25) is 0 Å². The fraction of sp³-hybridized carbons (Fsp3) is 0.467. The summed E-state index contributed by atoms with van der Waals surface area (Å²) in [5.41, 5.74) is 1.78. The largest absolute Gasteiger partial charge is 0.418 e. The Morgan fingerprint density at radius 3 is 2.96 bits per heavy atom. The maximum absolute atomic E-state index is 5.96. The van der Waals surface area contributed by atoms with Crippen molar-refractivity contribution in [3.8, 4) is 11.7 Å². The van der Waals surface area contributed by atoms with Crippen molar-refractivity contribution < 1.29 is 13.7 Å². The van der Waals surface area contributed by atoms with Crippen LogP contribution in [0.5, 0.6) is 0 Å². The number of aromatic nitrogens is 5. The van der Waals surface area contributed by atoms with Gasteiger partial charge in [-0.2, -0.15) is 5.10 Å². The predicted molar refractivity (Wildman–Crippen MR) is 78.4 cm³/mol. The number of nitrogens with zero attached hydrogens (tertiary/aromatic N) is 5. The Kier molecular flexibility index (Phi) is 3.45. The van der Waals surface area contributed by atoms with Crippen LogP contribution in [0.25, 0.3) is 11.7 Å². The van der Waals surface area contributed by atoms with Gasteiger partial charge >= 0.3 is 0 Å². The number of rotatable bonds is 3. The van der Waals surface area contributed by atoms with E-state index in [9.17, 15) is 0 Å². The van der Waals surface area contributed by atoms with Crippen molar-refractivity contribution in [2.45, 2.75) is 31.8 Å². The fourth-order valence-corrected chi connectivity index (χ4v) is 2.94. The highest BCUT2D eigenvalue weighted by atomic mass is 16.5. The third-order valence-electron chi connectivity index (χ3n) is 4.07. The van der Waals surface area contributed by atoms with Crippen LogP contribution in [0.15, 0.2) is 27.3 Å². The van der Waals surface area contributed by atoms with E-state index in [1.807, 2.05) is 24.7 Å². The second-order valence-corrected chi connectivity index (χ2v) is 5.70. The summed E-state index contributed by atoms with van der Waals surface area (Å²) in [6, 6.07) is 3.73. The lowest BCUT2D eigenvalue weighted by molar-refractivity contribution is -0.0135. The minimum absolute atomic E-state index is 0.00409. The van der Waals surface area contributed by atoms with Crippen LogP contribution in [0.3, 0.4) is 0 Å². The smallest absolute Gasteiger partial charge is 0.286 e. The van der Waals surface area contributed by atoms with Gasteiger partial charge in [-0.3, -0.25) is 4.68 Å². The van der Waals surface area contributed by atoms with Crippen molar-refractivity contribution in [1.82, 2.24) is 25.1 Å². The van der Waals surface area contributed by atoms with Crippen molar-refractivity contribution in [2.75, 3.05) is 6.61 Å². The van der Waals surface area contributed by atoms with Gasteiger partial charge in [-0.15, -0.1) is 10.2 Å². The molecule has 0 aromatic carbocycles. The van der Waals surface area contributed by atoms with Gasteiger partial charge in [-0.25, -0.2) is 0 Å². The summed E-state index contributed by atoms with van der Waals surface area (Å²) in [4.78, 5) is 0. The van der Waals surface area contributed by atoms with Crippen LogP contribution in [0.4, 0.5) is 0 Å². The molecule has 4 heterocycles. The third kappa shape index (κ3) is 2.55. The van der Waals surface area contributed by atoms with Crippen molar-refractivity contribution in [3.63, 3.8) is 0 Å². The summed E-state index contributed by atoms with van der Waals surface area (Å²) < 4.78 is 18.8. The van der Waals surface area contributed by atoms with E-state index in [1.54, 1.807) is 12.3 Å². The molecule has 0 spiro atoms. The molecule has 8 nitrogen and oxygen atoms in total. The zero-order valence-corrected chi connectivity index (χ0v) is 13.0. The predicted octanol–water partition coefficient (Wildman–Crippen LogP) is 2.40. The maximum atomic E-state index is 5.96. The number of aryl methyl sites for hydroxylation is 2. The highest BCUT2D eigenvalue weighted by Gasteiger charge is 2.35. The van der Waals surface area contributed by atoms with E-state index < -0.39 is 0 Å². The minimum Gasteiger partial charge on any atom is -0.418 e. The molecule has 0 saturated carbocycles. The van der Waals surface area contributed by atoms with Crippen LogP contribution in [-0.2, 0) is 11.8 Å². The number of hydrogen-bond acceptors (Lipinski definition) is 7. The summed E-state index contributed by atoms with van der Waals surface area (Å²) in [6.07, 6.45) is 3.51. The molecule has 1 aliphatic rings. The molecule has 0 N–H and O–H groups in total. The van der Waals surface area contributed by atoms with Crippen molar-refractivity contribution in [3.05, 3.63) is 35.6 Å². The van der Waals surface area contributed by atoms with E-state index in [4.69, 9.17) is 13.7 Å². The average Bonchev–Trinajstić information content (AvgIpc) is 3.27. The van der Waals surface area contributed by atoms with Gasteiger partial charge in [-0.1, -0.05) is 5.16 Å². The molecule has 3 aromatic rings. The molecule has 0 unspecified atom stereocenters. The first-order chi connectivity index (χ1) is 11.2. The molecule has 2 atom stereocenters. The van der Waals surface area contributed by atoms with Crippen LogP contribution in [0.1, 0.15) is 42.1 Å². The summed E-state index contributed by atoms with van der Waals surface area (Å²) in [5, 5.41) is 16.4. The lowest BCUT2D eigenvalue weighted by atomic mass is 9.92. The molecule has 120 valence electrons. The monoisotopic (exact) mass is 315 g/mol. The van der Waals surface area contributed by atoms with E-state index in [-0.39, 0.29) is 12.0 Å². The third-order valence-corrected chi connectivity index (χ3v) is 4.07. The molecular weight excluding hydrogens is 298 g/mol. The Balaban J connectivity index is 1.65. The standard InChI is InChI=1S/C15H17N5O3/c1-9-8-12(23-19-9)15-18-17-14(22-15)10-4-3-7-21-13(10)11-5-6-16-20(11)2/h5-6,8,10,13H,3-4,7H2,1-2H3/t10-,13-/m1/s1. The lowest BCUT2D eigenvalue weighted by Gasteiger charge is -2.29. The highest BCUT2D eigenvalue weighted by molar-refractivity contribution is 5.43. The van der Waals surface area contributed by atoms with Gasteiger partial charge in [0.2, 0.25) is 11.7 Å². The first kappa shape index (κ1) is 14.1. The zero-order valence-electron chi connectivity index (χ0n) is 13.0. The van der Waals surface area contributed by atoms with Crippen molar-refractivity contribution in [1.29, 1.82) is 0 Å². The maximum Gasteiger partial charge on any atom is 0.286 e. The van der Waals surface area contributed by atoms with Gasteiger partial charge in [0.1, 0.15) is 6.10 Å². The summed E-state index contributed by atoms with van der Waals surface area (Å²) in [5.74, 6) is 1.38. The van der Waals surface area contributed by atoms with E-state index in [1.165, 1.54) is 0 Å². The summed E-state index contributed by atoms with van der Waals surface area (Å²) in [7, 11) is 1.90. The Hall–Kier alpha value is -2.48. The Morgan fingerprint density at radius 2 is 2.22 bits per heavy atom. The Bertz CT molecular complexity index is 806. The normalized spacial score (nSPS) is 21.7. The number of ether oxygens (including phenoxy) is 1. The van der Waals surface area contributed by atoms with E-state index in [2.05, 4.69) is 20.5 Å². The van der Waals surface area contributed by atoms with Gasteiger partial charge < -0.3 is 13.7 Å². The lowest BCUT2D eigenvalue weighted by Crippen LogP contribution is -2.23. The molecule has 4 rings (SSSR count). The quantitative estimate of drug-likeness (QED) is 0.732. The summed E-state index contributed by atoms with van der Waals surface area (Å²) >= 11 is 0. The van der Waals surface area contributed by atoms with Crippen molar-refractivity contribution in [2.24, 2.45) is 7.05 Å². The molecule has 0 aliphatic carbocycles.